The standard InChI is InChI=1S/C15H18BrNO2/c1-17(9-10-6-13(16)7-10)15(18)12-2-3-14-11(8-12)4-5-19-14/h2-3,8,10,13H,4-7,9H2,1H3. The number of rotatable bonds is 3. The molecule has 1 heterocycles. The molecule has 1 aromatic carbocycles. The minimum Gasteiger partial charge on any atom is -0.493 e. The van der Waals surface area contributed by atoms with Crippen molar-refractivity contribution in [2.45, 2.75) is 24.1 Å². The van der Waals surface area contributed by atoms with Crippen LogP contribution >= 0.6 is 15.9 Å². The normalized spacial score (nSPS) is 24.3. The molecule has 102 valence electrons. The number of halogens is 1. The Balaban J connectivity index is 1.66. The van der Waals surface area contributed by atoms with E-state index in [0.717, 1.165) is 36.4 Å². The lowest BCUT2D eigenvalue weighted by Crippen LogP contribution is -2.37. The van der Waals surface area contributed by atoms with Gasteiger partial charge in [-0.15, -0.1) is 0 Å². The summed E-state index contributed by atoms with van der Waals surface area (Å²) >= 11 is 3.59. The summed E-state index contributed by atoms with van der Waals surface area (Å²) in [5, 5.41) is 0. The largest absolute Gasteiger partial charge is 0.493 e. The van der Waals surface area contributed by atoms with Gasteiger partial charge >= 0.3 is 0 Å². The second-order valence-corrected chi connectivity index (χ2v) is 6.84. The summed E-state index contributed by atoms with van der Waals surface area (Å²) in [7, 11) is 1.90. The van der Waals surface area contributed by atoms with Crippen LogP contribution in [0.5, 0.6) is 5.75 Å². The van der Waals surface area contributed by atoms with Gasteiger partial charge in [0.2, 0.25) is 0 Å². The van der Waals surface area contributed by atoms with Gasteiger partial charge in [-0.3, -0.25) is 4.79 Å². The molecular formula is C15H18BrNO2. The third-order valence-electron chi connectivity index (χ3n) is 3.99. The van der Waals surface area contributed by atoms with Crippen molar-refractivity contribution in [3.05, 3.63) is 29.3 Å². The molecule has 4 heteroatoms. The van der Waals surface area contributed by atoms with E-state index in [2.05, 4.69) is 15.9 Å². The first-order valence-corrected chi connectivity index (χ1v) is 7.70. The molecule has 1 aliphatic carbocycles. The molecule has 0 unspecified atom stereocenters. The van der Waals surface area contributed by atoms with Gasteiger partial charge in [0, 0.05) is 30.4 Å². The van der Waals surface area contributed by atoms with Crippen LogP contribution in [-0.4, -0.2) is 35.8 Å². The molecule has 1 fully saturated rings. The first-order valence-electron chi connectivity index (χ1n) is 6.79. The number of alkyl halides is 1. The molecule has 0 aromatic heterocycles. The van der Waals surface area contributed by atoms with E-state index >= 15 is 0 Å². The highest BCUT2D eigenvalue weighted by molar-refractivity contribution is 9.09. The molecule has 0 N–H and O–H groups in total. The molecule has 3 rings (SSSR count). The van der Waals surface area contributed by atoms with Crippen LogP contribution in [0.4, 0.5) is 0 Å². The van der Waals surface area contributed by atoms with Gasteiger partial charge in [0.25, 0.3) is 5.91 Å². The number of benzene rings is 1. The zero-order chi connectivity index (χ0) is 13.4. The summed E-state index contributed by atoms with van der Waals surface area (Å²) in [4.78, 5) is 14.9. The number of carbonyl (C=O) groups excluding carboxylic acids is 1. The molecule has 0 saturated heterocycles. The summed E-state index contributed by atoms with van der Waals surface area (Å²) < 4.78 is 5.47. The van der Waals surface area contributed by atoms with Crippen molar-refractivity contribution < 1.29 is 9.53 Å². The molecule has 1 aliphatic heterocycles. The number of fused-ring (bicyclic) bond motifs is 1. The Morgan fingerprint density at radius 1 is 1.47 bits per heavy atom. The minimum atomic E-state index is 0.118. The van der Waals surface area contributed by atoms with E-state index in [9.17, 15) is 4.79 Å². The minimum absolute atomic E-state index is 0.118. The third kappa shape index (κ3) is 2.64. The maximum atomic E-state index is 12.4. The zero-order valence-electron chi connectivity index (χ0n) is 11.1. The van der Waals surface area contributed by atoms with Crippen molar-refractivity contribution in [2.24, 2.45) is 5.92 Å². The maximum Gasteiger partial charge on any atom is 0.253 e. The van der Waals surface area contributed by atoms with E-state index in [1.54, 1.807) is 0 Å². The zero-order valence-corrected chi connectivity index (χ0v) is 12.6. The highest BCUT2D eigenvalue weighted by Gasteiger charge is 2.29. The Morgan fingerprint density at radius 3 is 3.00 bits per heavy atom. The Bertz CT molecular complexity index is 497. The average Bonchev–Trinajstić information content (AvgIpc) is 2.83. The van der Waals surface area contributed by atoms with E-state index in [4.69, 9.17) is 4.74 Å². The molecule has 0 radical (unpaired) electrons. The second-order valence-electron chi connectivity index (χ2n) is 5.54. The number of ether oxygens (including phenoxy) is 1. The van der Waals surface area contributed by atoms with Crippen molar-refractivity contribution >= 4 is 21.8 Å². The predicted octanol–water partition coefficient (Wildman–Crippen LogP) is 2.87. The van der Waals surface area contributed by atoms with E-state index in [0.29, 0.717) is 10.7 Å². The van der Waals surface area contributed by atoms with Crippen LogP contribution in [0.1, 0.15) is 28.8 Å². The van der Waals surface area contributed by atoms with Crippen LogP contribution in [0, 0.1) is 5.92 Å². The third-order valence-corrected chi connectivity index (χ3v) is 4.74. The highest BCUT2D eigenvalue weighted by Crippen LogP contribution is 2.34. The molecule has 19 heavy (non-hydrogen) atoms. The van der Waals surface area contributed by atoms with Crippen molar-refractivity contribution in [3.8, 4) is 5.75 Å². The number of amides is 1. The second kappa shape index (κ2) is 5.16. The summed E-state index contributed by atoms with van der Waals surface area (Å²) in [5.41, 5.74) is 1.94. The van der Waals surface area contributed by atoms with Crippen molar-refractivity contribution in [3.63, 3.8) is 0 Å². The molecule has 0 spiro atoms. The van der Waals surface area contributed by atoms with Gasteiger partial charge in [0.1, 0.15) is 5.75 Å². The SMILES string of the molecule is CN(CC1CC(Br)C1)C(=O)c1ccc2c(c1)CCO2. The molecule has 1 amide bonds. The molecule has 3 nitrogen and oxygen atoms in total. The van der Waals surface area contributed by atoms with Crippen molar-refractivity contribution in [1.82, 2.24) is 4.90 Å². The monoisotopic (exact) mass is 323 g/mol. The quantitative estimate of drug-likeness (QED) is 0.800. The van der Waals surface area contributed by atoms with Gasteiger partial charge in [-0.05, 0) is 42.5 Å². The lowest BCUT2D eigenvalue weighted by Gasteiger charge is -2.34. The lowest BCUT2D eigenvalue weighted by atomic mass is 9.85. The van der Waals surface area contributed by atoms with Crippen LogP contribution in [0.25, 0.3) is 0 Å². The lowest BCUT2D eigenvalue weighted by molar-refractivity contribution is 0.0748. The first kappa shape index (κ1) is 13.0. The average molecular weight is 324 g/mol. The number of carbonyl (C=O) groups is 1. The highest BCUT2D eigenvalue weighted by atomic mass is 79.9. The molecule has 1 aromatic rings. The molecule has 0 bridgehead atoms. The fraction of sp³-hybridized carbons (Fsp3) is 0.533. The predicted molar refractivity (Wildman–Crippen MR) is 78.0 cm³/mol. The Labute approximate surface area is 122 Å². The fourth-order valence-corrected chi connectivity index (χ4v) is 3.87. The Hall–Kier alpha value is -1.03. The van der Waals surface area contributed by atoms with Gasteiger partial charge in [-0.25, -0.2) is 0 Å². The van der Waals surface area contributed by atoms with E-state index in [1.165, 1.54) is 12.8 Å². The van der Waals surface area contributed by atoms with Crippen LogP contribution in [0.15, 0.2) is 18.2 Å². The van der Waals surface area contributed by atoms with Gasteiger partial charge in [0.05, 0.1) is 6.61 Å². The molecule has 0 atom stereocenters. The Kier molecular flexibility index (Phi) is 3.52. The van der Waals surface area contributed by atoms with Crippen molar-refractivity contribution in [2.75, 3.05) is 20.2 Å². The summed E-state index contributed by atoms with van der Waals surface area (Å²) in [5.74, 6) is 1.70. The summed E-state index contributed by atoms with van der Waals surface area (Å²) in [6.07, 6.45) is 3.26. The Morgan fingerprint density at radius 2 is 2.26 bits per heavy atom. The number of nitrogens with zero attached hydrogens (tertiary/aromatic N) is 1. The van der Waals surface area contributed by atoms with Gasteiger partial charge in [-0.1, -0.05) is 15.9 Å². The molecular weight excluding hydrogens is 306 g/mol. The first-order chi connectivity index (χ1) is 9.13. The van der Waals surface area contributed by atoms with Crippen LogP contribution in [0.3, 0.4) is 0 Å². The van der Waals surface area contributed by atoms with Gasteiger partial charge in [0.15, 0.2) is 0 Å². The number of hydrogen-bond donors (Lipinski definition) is 0. The summed E-state index contributed by atoms with van der Waals surface area (Å²) in [6, 6.07) is 5.77. The van der Waals surface area contributed by atoms with E-state index < -0.39 is 0 Å². The van der Waals surface area contributed by atoms with E-state index in [1.807, 2.05) is 30.1 Å². The molecule has 1 saturated carbocycles. The maximum absolute atomic E-state index is 12.4. The summed E-state index contributed by atoms with van der Waals surface area (Å²) in [6.45, 7) is 1.59. The topological polar surface area (TPSA) is 29.5 Å². The fourth-order valence-electron chi connectivity index (χ4n) is 2.81. The van der Waals surface area contributed by atoms with Crippen LogP contribution in [-0.2, 0) is 6.42 Å². The van der Waals surface area contributed by atoms with E-state index in [-0.39, 0.29) is 5.91 Å². The molecule has 2 aliphatic rings. The van der Waals surface area contributed by atoms with Crippen molar-refractivity contribution in [1.29, 1.82) is 0 Å². The number of hydrogen-bond acceptors (Lipinski definition) is 2. The van der Waals surface area contributed by atoms with Gasteiger partial charge < -0.3 is 9.64 Å². The smallest absolute Gasteiger partial charge is 0.253 e. The van der Waals surface area contributed by atoms with Gasteiger partial charge in [-0.2, -0.15) is 0 Å². The van der Waals surface area contributed by atoms with Crippen LogP contribution < -0.4 is 4.74 Å². The van der Waals surface area contributed by atoms with Crippen LogP contribution in [0.2, 0.25) is 0 Å².